The van der Waals surface area contributed by atoms with Crippen molar-refractivity contribution in [3.63, 3.8) is 0 Å². The molecular formula is C43H54O6. The predicted molar refractivity (Wildman–Crippen MR) is 197 cm³/mol. The number of carbonyl (C=O) groups is 1. The van der Waals surface area contributed by atoms with E-state index in [-0.39, 0.29) is 5.56 Å². The van der Waals surface area contributed by atoms with Gasteiger partial charge in [0, 0.05) is 11.6 Å². The number of hydrogen-bond donors (Lipinski definition) is 1. The minimum Gasteiger partial charge on any atom is -0.493 e. The summed E-state index contributed by atoms with van der Waals surface area (Å²) < 4.78 is 25.7. The van der Waals surface area contributed by atoms with Crippen LogP contribution in [0.2, 0.25) is 0 Å². The maximum Gasteiger partial charge on any atom is 0.335 e. The number of carboxylic acids is 1. The zero-order chi connectivity index (χ0) is 34.5. The molecule has 1 unspecified atom stereocenters. The highest BCUT2D eigenvalue weighted by molar-refractivity contribution is 5.88. The molecule has 0 spiro atoms. The van der Waals surface area contributed by atoms with Crippen molar-refractivity contribution in [2.24, 2.45) is 0 Å². The van der Waals surface area contributed by atoms with E-state index in [9.17, 15) is 9.90 Å². The number of para-hydroxylation sites is 1. The molecule has 0 heterocycles. The molecule has 262 valence electrons. The number of rotatable bonds is 24. The molecule has 6 nitrogen and oxygen atoms in total. The third kappa shape index (κ3) is 13.2. The Labute approximate surface area is 293 Å². The molecule has 1 N–H and O–H groups in total. The molecule has 0 aromatic heterocycles. The summed E-state index contributed by atoms with van der Waals surface area (Å²) in [6.07, 6.45) is 13.0. The molecule has 0 aliphatic rings. The molecular weight excluding hydrogens is 612 g/mol. The van der Waals surface area contributed by atoms with Crippen LogP contribution in [0.1, 0.15) is 124 Å². The van der Waals surface area contributed by atoms with Crippen LogP contribution in [0.3, 0.4) is 0 Å². The summed E-state index contributed by atoms with van der Waals surface area (Å²) in [5.41, 5.74) is 3.10. The maximum atomic E-state index is 12.2. The molecule has 0 aliphatic carbocycles. The Morgan fingerprint density at radius 2 is 1.20 bits per heavy atom. The van der Waals surface area contributed by atoms with Gasteiger partial charge in [-0.1, -0.05) is 144 Å². The van der Waals surface area contributed by atoms with E-state index < -0.39 is 12.1 Å². The first kappa shape index (κ1) is 37.4. The van der Waals surface area contributed by atoms with Gasteiger partial charge in [-0.15, -0.1) is 0 Å². The number of benzene rings is 4. The van der Waals surface area contributed by atoms with Crippen LogP contribution in [-0.2, 0) is 13.2 Å². The highest BCUT2D eigenvalue weighted by Gasteiger charge is 2.23. The molecule has 1 atom stereocenters. The van der Waals surface area contributed by atoms with Crippen LogP contribution in [0.25, 0.3) is 0 Å². The van der Waals surface area contributed by atoms with Crippen molar-refractivity contribution in [2.45, 2.75) is 110 Å². The van der Waals surface area contributed by atoms with Gasteiger partial charge in [0.05, 0.1) is 12.2 Å². The van der Waals surface area contributed by atoms with Gasteiger partial charge in [-0.2, -0.15) is 0 Å². The zero-order valence-corrected chi connectivity index (χ0v) is 29.4. The first-order valence-electron chi connectivity index (χ1n) is 18.2. The van der Waals surface area contributed by atoms with E-state index >= 15 is 0 Å². The fourth-order valence-corrected chi connectivity index (χ4v) is 5.81. The lowest BCUT2D eigenvalue weighted by Gasteiger charge is -2.24. The van der Waals surface area contributed by atoms with Crippen LogP contribution in [0.4, 0.5) is 0 Å². The van der Waals surface area contributed by atoms with E-state index in [4.69, 9.17) is 18.9 Å². The van der Waals surface area contributed by atoms with Crippen LogP contribution in [-0.4, -0.2) is 17.7 Å². The highest BCUT2D eigenvalue weighted by atomic mass is 16.5. The molecule has 0 fully saturated rings. The normalized spacial score (nSPS) is 11.6. The second-order valence-corrected chi connectivity index (χ2v) is 12.6. The van der Waals surface area contributed by atoms with Crippen molar-refractivity contribution >= 4 is 5.97 Å². The van der Waals surface area contributed by atoms with Crippen LogP contribution in [0, 0.1) is 0 Å². The molecule has 6 heteroatoms. The third-order valence-electron chi connectivity index (χ3n) is 8.56. The number of carboxylic acid groups (broad SMARTS) is 1. The fraction of sp³-hybridized carbons (Fsp3) is 0.419. The van der Waals surface area contributed by atoms with E-state index in [1.165, 1.54) is 38.5 Å². The summed E-state index contributed by atoms with van der Waals surface area (Å²) >= 11 is 0. The van der Waals surface area contributed by atoms with E-state index in [2.05, 4.69) is 13.8 Å². The maximum absolute atomic E-state index is 12.2. The average molecular weight is 667 g/mol. The van der Waals surface area contributed by atoms with E-state index in [0.29, 0.717) is 42.8 Å². The van der Waals surface area contributed by atoms with Gasteiger partial charge in [0.15, 0.2) is 11.5 Å². The molecule has 0 saturated heterocycles. The van der Waals surface area contributed by atoms with Gasteiger partial charge in [-0.3, -0.25) is 0 Å². The van der Waals surface area contributed by atoms with Crippen LogP contribution < -0.4 is 18.9 Å². The standard InChI is InChI=1S/C43H54O6/c1-3-5-7-8-9-10-11-19-28-46-37-29-36(43(44)45)30-38(31-37)49-40(26-14-6-4-2)39-25-20-27-41(47-32-34-21-15-12-16-22-34)42(39)48-33-35-23-17-13-18-24-35/h12-13,15-18,20-25,27,29-31,40H,3-11,14,19,26,28,32-33H2,1-2H3,(H,44,45). The van der Waals surface area contributed by atoms with Crippen molar-refractivity contribution in [3.8, 4) is 23.0 Å². The zero-order valence-electron chi connectivity index (χ0n) is 29.4. The van der Waals surface area contributed by atoms with Crippen molar-refractivity contribution in [1.29, 1.82) is 0 Å². The smallest absolute Gasteiger partial charge is 0.335 e. The average Bonchev–Trinajstić information content (AvgIpc) is 3.13. The Morgan fingerprint density at radius 1 is 0.612 bits per heavy atom. The summed E-state index contributed by atoms with van der Waals surface area (Å²) in [5, 5.41) is 9.95. The second kappa shape index (κ2) is 21.5. The van der Waals surface area contributed by atoms with Gasteiger partial charge in [-0.25, -0.2) is 4.79 Å². The quantitative estimate of drug-likeness (QED) is 0.0750. The minimum absolute atomic E-state index is 0.135. The predicted octanol–water partition coefficient (Wildman–Crippen LogP) is 11.8. The third-order valence-corrected chi connectivity index (χ3v) is 8.56. The van der Waals surface area contributed by atoms with Gasteiger partial charge < -0.3 is 24.1 Å². The van der Waals surface area contributed by atoms with Crippen LogP contribution in [0.15, 0.2) is 97.1 Å². The second-order valence-electron chi connectivity index (χ2n) is 12.6. The molecule has 0 amide bonds. The van der Waals surface area contributed by atoms with Gasteiger partial charge >= 0.3 is 5.97 Å². The summed E-state index contributed by atoms with van der Waals surface area (Å²) in [7, 11) is 0. The molecule has 49 heavy (non-hydrogen) atoms. The lowest BCUT2D eigenvalue weighted by atomic mass is 10.0. The lowest BCUT2D eigenvalue weighted by Crippen LogP contribution is -2.12. The molecule has 0 bridgehead atoms. The molecule has 4 aromatic rings. The van der Waals surface area contributed by atoms with Crippen molar-refractivity contribution in [2.75, 3.05) is 6.61 Å². The highest BCUT2D eigenvalue weighted by Crippen LogP contribution is 2.40. The van der Waals surface area contributed by atoms with E-state index in [1.807, 2.05) is 84.9 Å². The number of hydrogen-bond acceptors (Lipinski definition) is 5. The first-order chi connectivity index (χ1) is 24.1. The molecule has 4 aromatic carbocycles. The van der Waals surface area contributed by atoms with Crippen molar-refractivity contribution in [1.82, 2.24) is 0 Å². The minimum atomic E-state index is -1.02. The number of unbranched alkanes of at least 4 members (excludes halogenated alkanes) is 9. The molecule has 0 saturated carbocycles. The lowest BCUT2D eigenvalue weighted by molar-refractivity contribution is 0.0695. The van der Waals surface area contributed by atoms with Crippen molar-refractivity contribution in [3.05, 3.63) is 119 Å². The van der Waals surface area contributed by atoms with E-state index in [0.717, 1.165) is 55.2 Å². The van der Waals surface area contributed by atoms with Gasteiger partial charge in [0.2, 0.25) is 0 Å². The Morgan fingerprint density at radius 3 is 1.86 bits per heavy atom. The summed E-state index contributed by atoms with van der Waals surface area (Å²) in [4.78, 5) is 12.2. The van der Waals surface area contributed by atoms with E-state index in [1.54, 1.807) is 12.1 Å². The molecule has 0 aliphatic heterocycles. The monoisotopic (exact) mass is 666 g/mol. The van der Waals surface area contributed by atoms with Gasteiger partial charge in [0.25, 0.3) is 0 Å². The molecule has 0 radical (unpaired) electrons. The summed E-state index contributed by atoms with van der Waals surface area (Å²) in [6, 6.07) is 31.0. The van der Waals surface area contributed by atoms with Crippen LogP contribution in [0.5, 0.6) is 23.0 Å². The van der Waals surface area contributed by atoms with Gasteiger partial charge in [0.1, 0.15) is 30.8 Å². The number of aromatic carboxylic acids is 1. The number of ether oxygens (including phenoxy) is 4. The Balaban J connectivity index is 1.56. The molecule has 4 rings (SSSR count). The Hall–Kier alpha value is -4.45. The van der Waals surface area contributed by atoms with Gasteiger partial charge in [-0.05, 0) is 48.6 Å². The largest absolute Gasteiger partial charge is 0.493 e. The summed E-state index contributed by atoms with van der Waals surface area (Å²) in [6.45, 7) is 5.71. The van der Waals surface area contributed by atoms with Crippen molar-refractivity contribution < 1.29 is 28.8 Å². The fourth-order valence-electron chi connectivity index (χ4n) is 5.81. The Bertz CT molecular complexity index is 1500. The summed E-state index contributed by atoms with van der Waals surface area (Å²) in [5.74, 6) is 1.20. The Kier molecular flexibility index (Phi) is 16.4. The first-order valence-corrected chi connectivity index (χ1v) is 18.2. The topological polar surface area (TPSA) is 74.2 Å². The SMILES string of the molecule is CCCCCCCCCCOc1cc(OC(CCCCC)c2cccc(OCc3ccccc3)c2OCc2ccccc2)cc(C(=O)O)c1. The van der Waals surface area contributed by atoms with Crippen LogP contribution >= 0.6 is 0 Å².